The van der Waals surface area contributed by atoms with Crippen molar-refractivity contribution in [3.63, 3.8) is 0 Å². The Hall–Kier alpha value is -1.56. The van der Waals surface area contributed by atoms with Crippen LogP contribution in [0.15, 0.2) is 60.7 Å². The standard InChI is InChI=1S/C14H14/c1-2-7-13(8-3-1)11-6-12-14-9-4-5-10-14/h1-11,14H,12H2. The van der Waals surface area contributed by atoms with E-state index < -0.39 is 0 Å². The number of hydrogen-bond acceptors (Lipinski definition) is 0. The predicted octanol–water partition coefficient (Wildman–Crippen LogP) is 3.83. The zero-order valence-corrected chi connectivity index (χ0v) is 8.14. The molecule has 0 heterocycles. The second-order valence-corrected chi connectivity index (χ2v) is 3.48. The fourth-order valence-electron chi connectivity index (χ4n) is 1.56. The van der Waals surface area contributed by atoms with E-state index in [1.807, 2.05) is 6.07 Å². The van der Waals surface area contributed by atoms with Crippen LogP contribution in [0.3, 0.4) is 0 Å². The molecule has 0 aromatic heterocycles. The molecule has 0 saturated heterocycles. The molecular formula is C14H14. The van der Waals surface area contributed by atoms with Gasteiger partial charge in [0, 0.05) is 0 Å². The normalized spacial score (nSPS) is 15.7. The van der Waals surface area contributed by atoms with Crippen LogP contribution in [0, 0.1) is 5.92 Å². The molecule has 0 N–H and O–H groups in total. The maximum Gasteiger partial charge on any atom is -0.00126 e. The summed E-state index contributed by atoms with van der Waals surface area (Å²) in [5, 5.41) is 0. The molecule has 1 aromatic rings. The third-order valence-electron chi connectivity index (χ3n) is 2.35. The van der Waals surface area contributed by atoms with E-state index in [0.29, 0.717) is 5.92 Å². The van der Waals surface area contributed by atoms with Gasteiger partial charge >= 0.3 is 0 Å². The van der Waals surface area contributed by atoms with Gasteiger partial charge in [-0.15, -0.1) is 0 Å². The van der Waals surface area contributed by atoms with Crippen LogP contribution in [0.4, 0.5) is 0 Å². The Labute approximate surface area is 85.3 Å². The maximum atomic E-state index is 2.24. The molecule has 0 atom stereocenters. The highest BCUT2D eigenvalue weighted by Crippen LogP contribution is 2.14. The number of allylic oxidation sites excluding steroid dienone is 5. The zero-order valence-electron chi connectivity index (χ0n) is 8.14. The first-order chi connectivity index (χ1) is 6.95. The Morgan fingerprint density at radius 3 is 2.43 bits per heavy atom. The van der Waals surface area contributed by atoms with Gasteiger partial charge < -0.3 is 0 Å². The van der Waals surface area contributed by atoms with Gasteiger partial charge in [0.2, 0.25) is 0 Å². The lowest BCUT2D eigenvalue weighted by Gasteiger charge is -1.98. The van der Waals surface area contributed by atoms with Gasteiger partial charge in [-0.3, -0.25) is 0 Å². The van der Waals surface area contributed by atoms with Crippen molar-refractivity contribution in [1.29, 1.82) is 0 Å². The Morgan fingerprint density at radius 1 is 1.00 bits per heavy atom. The van der Waals surface area contributed by atoms with Crippen LogP contribution < -0.4 is 0 Å². The fraction of sp³-hybridized carbons (Fsp3) is 0.143. The van der Waals surface area contributed by atoms with E-state index in [4.69, 9.17) is 0 Å². The van der Waals surface area contributed by atoms with Crippen molar-refractivity contribution in [2.45, 2.75) is 6.42 Å². The van der Waals surface area contributed by atoms with Crippen molar-refractivity contribution in [2.75, 3.05) is 0 Å². The maximum absolute atomic E-state index is 2.24. The Morgan fingerprint density at radius 2 is 1.71 bits per heavy atom. The number of benzene rings is 1. The summed E-state index contributed by atoms with van der Waals surface area (Å²) in [5.74, 6) is 0.606. The molecule has 0 spiro atoms. The summed E-state index contributed by atoms with van der Waals surface area (Å²) in [4.78, 5) is 0. The number of rotatable bonds is 3. The highest BCUT2D eigenvalue weighted by atomic mass is 14.0. The Bertz CT molecular complexity index is 343. The summed E-state index contributed by atoms with van der Waals surface area (Å²) >= 11 is 0. The molecule has 0 unspecified atom stereocenters. The summed E-state index contributed by atoms with van der Waals surface area (Å²) in [6, 6.07) is 10.4. The van der Waals surface area contributed by atoms with E-state index in [2.05, 4.69) is 60.7 Å². The molecule has 14 heavy (non-hydrogen) atoms. The molecule has 0 aliphatic heterocycles. The van der Waals surface area contributed by atoms with Crippen LogP contribution in [0.5, 0.6) is 0 Å². The van der Waals surface area contributed by atoms with Gasteiger partial charge in [0.15, 0.2) is 0 Å². The lowest BCUT2D eigenvalue weighted by Crippen LogP contribution is -1.84. The molecule has 2 rings (SSSR count). The largest absolute Gasteiger partial charge is 0.0830 e. The topological polar surface area (TPSA) is 0 Å². The van der Waals surface area contributed by atoms with E-state index >= 15 is 0 Å². The van der Waals surface area contributed by atoms with E-state index in [1.54, 1.807) is 0 Å². The first-order valence-corrected chi connectivity index (χ1v) is 5.02. The third-order valence-corrected chi connectivity index (χ3v) is 2.35. The summed E-state index contributed by atoms with van der Waals surface area (Å²) in [7, 11) is 0. The van der Waals surface area contributed by atoms with E-state index in [0.717, 1.165) is 6.42 Å². The molecule has 0 heteroatoms. The van der Waals surface area contributed by atoms with Crippen LogP contribution in [-0.4, -0.2) is 0 Å². The second kappa shape index (κ2) is 4.61. The van der Waals surface area contributed by atoms with Gasteiger partial charge in [0.1, 0.15) is 0 Å². The molecule has 1 aliphatic rings. The van der Waals surface area contributed by atoms with Crippen LogP contribution in [0.2, 0.25) is 0 Å². The van der Waals surface area contributed by atoms with Gasteiger partial charge in [-0.1, -0.05) is 66.8 Å². The molecular weight excluding hydrogens is 168 g/mol. The molecule has 1 aromatic carbocycles. The van der Waals surface area contributed by atoms with Crippen molar-refractivity contribution in [3.8, 4) is 0 Å². The second-order valence-electron chi connectivity index (χ2n) is 3.48. The van der Waals surface area contributed by atoms with Gasteiger partial charge in [0.05, 0.1) is 0 Å². The SMILES string of the molecule is C1=CC(CC=Cc2ccccc2)C=C1. The van der Waals surface area contributed by atoms with Crippen molar-refractivity contribution in [1.82, 2.24) is 0 Å². The van der Waals surface area contributed by atoms with Crippen molar-refractivity contribution in [2.24, 2.45) is 5.92 Å². The lowest BCUT2D eigenvalue weighted by atomic mass is 10.1. The highest BCUT2D eigenvalue weighted by Gasteiger charge is 1.99. The minimum Gasteiger partial charge on any atom is -0.0830 e. The molecule has 0 fully saturated rings. The molecule has 0 nitrogen and oxygen atoms in total. The van der Waals surface area contributed by atoms with E-state index in [1.165, 1.54) is 5.56 Å². The average molecular weight is 182 g/mol. The van der Waals surface area contributed by atoms with E-state index in [-0.39, 0.29) is 0 Å². The average Bonchev–Trinajstić information content (AvgIpc) is 2.72. The Balaban J connectivity index is 1.89. The summed E-state index contributed by atoms with van der Waals surface area (Å²) in [6.07, 6.45) is 14.2. The van der Waals surface area contributed by atoms with Gasteiger partial charge in [0.25, 0.3) is 0 Å². The summed E-state index contributed by atoms with van der Waals surface area (Å²) < 4.78 is 0. The third kappa shape index (κ3) is 2.46. The van der Waals surface area contributed by atoms with Crippen molar-refractivity contribution >= 4 is 6.08 Å². The van der Waals surface area contributed by atoms with Crippen LogP contribution in [0.25, 0.3) is 6.08 Å². The van der Waals surface area contributed by atoms with Gasteiger partial charge in [-0.25, -0.2) is 0 Å². The minimum atomic E-state index is 0.606. The van der Waals surface area contributed by atoms with Crippen LogP contribution in [-0.2, 0) is 0 Å². The molecule has 0 amide bonds. The molecule has 1 aliphatic carbocycles. The molecule has 0 radical (unpaired) electrons. The zero-order chi connectivity index (χ0) is 9.64. The van der Waals surface area contributed by atoms with E-state index in [9.17, 15) is 0 Å². The predicted molar refractivity (Wildman–Crippen MR) is 61.9 cm³/mol. The molecule has 0 bridgehead atoms. The quantitative estimate of drug-likeness (QED) is 0.666. The first kappa shape index (κ1) is 9.01. The van der Waals surface area contributed by atoms with Crippen LogP contribution in [0.1, 0.15) is 12.0 Å². The minimum absolute atomic E-state index is 0.606. The summed E-state index contributed by atoms with van der Waals surface area (Å²) in [5.41, 5.74) is 1.28. The number of hydrogen-bond donors (Lipinski definition) is 0. The lowest BCUT2D eigenvalue weighted by molar-refractivity contribution is 0.847. The van der Waals surface area contributed by atoms with Crippen molar-refractivity contribution < 1.29 is 0 Å². The van der Waals surface area contributed by atoms with Gasteiger partial charge in [-0.05, 0) is 17.9 Å². The van der Waals surface area contributed by atoms with Crippen LogP contribution >= 0.6 is 0 Å². The Kier molecular flexibility index (Phi) is 2.97. The monoisotopic (exact) mass is 182 g/mol. The smallest absolute Gasteiger partial charge is 0.00126 e. The summed E-state index contributed by atoms with van der Waals surface area (Å²) in [6.45, 7) is 0. The molecule has 70 valence electrons. The first-order valence-electron chi connectivity index (χ1n) is 5.02. The molecule has 0 saturated carbocycles. The fourth-order valence-corrected chi connectivity index (χ4v) is 1.56. The highest BCUT2D eigenvalue weighted by molar-refractivity contribution is 5.48. The van der Waals surface area contributed by atoms with Crippen molar-refractivity contribution in [3.05, 3.63) is 66.3 Å². The van der Waals surface area contributed by atoms with Gasteiger partial charge in [-0.2, -0.15) is 0 Å².